The van der Waals surface area contributed by atoms with Crippen molar-refractivity contribution >= 4 is 11.4 Å². The van der Waals surface area contributed by atoms with E-state index >= 15 is 0 Å². The second-order valence-corrected chi connectivity index (χ2v) is 4.95. The first-order valence-corrected chi connectivity index (χ1v) is 7.48. The smallest absolute Gasteiger partial charge is 0.385 e. The van der Waals surface area contributed by atoms with Gasteiger partial charge >= 0.3 is 11.4 Å². The van der Waals surface area contributed by atoms with Crippen LogP contribution in [0.5, 0.6) is 11.5 Å². The molecule has 0 amide bonds. The maximum atomic E-state index is 8.59. The van der Waals surface area contributed by atoms with Crippen LogP contribution < -0.4 is 9.47 Å². The van der Waals surface area contributed by atoms with E-state index in [2.05, 4.69) is 9.95 Å². The molecule has 0 aliphatic heterocycles. The van der Waals surface area contributed by atoms with Gasteiger partial charge in [-0.1, -0.05) is 0 Å². The Morgan fingerprint density at radius 1 is 0.609 bits per heavy atom. The highest BCUT2D eigenvalue weighted by Gasteiger charge is 2.04. The van der Waals surface area contributed by atoms with Crippen LogP contribution >= 0.6 is 0 Å². The highest BCUT2D eigenvalue weighted by atomic mass is 16.5. The molecular formula is C17H18N4O2+2. The fourth-order valence-electron chi connectivity index (χ4n) is 1.98. The molecule has 0 aliphatic rings. The molecule has 0 aliphatic carbocycles. The van der Waals surface area contributed by atoms with E-state index < -0.39 is 0 Å². The number of ether oxygens (including phenoxy) is 2. The van der Waals surface area contributed by atoms with Crippen molar-refractivity contribution in [2.75, 3.05) is 13.2 Å². The molecular weight excluding hydrogens is 292 g/mol. The number of hydrogen-bond acceptors (Lipinski definition) is 4. The molecule has 2 rings (SSSR count). The first-order valence-electron chi connectivity index (χ1n) is 7.48. The van der Waals surface area contributed by atoms with Gasteiger partial charge in [0.2, 0.25) is 10.8 Å². The Hall–Kier alpha value is -3.12. The zero-order chi connectivity index (χ0) is 16.3. The molecule has 0 atom stereocenters. The minimum atomic E-state index is 0.509. The van der Waals surface area contributed by atoms with E-state index in [0.29, 0.717) is 24.6 Å². The fraction of sp³-hybridized carbons (Fsp3) is 0.294. The third-order valence-electron chi connectivity index (χ3n) is 3.23. The van der Waals surface area contributed by atoms with Crippen LogP contribution in [-0.4, -0.2) is 13.2 Å². The average molecular weight is 310 g/mol. The Morgan fingerprint density at radius 3 is 1.35 bits per heavy atom. The van der Waals surface area contributed by atoms with Gasteiger partial charge in [-0.15, -0.1) is 0 Å². The number of benzene rings is 2. The van der Waals surface area contributed by atoms with Crippen LogP contribution in [0.2, 0.25) is 0 Å². The molecule has 0 saturated heterocycles. The summed E-state index contributed by atoms with van der Waals surface area (Å²) in [5.41, 5.74) is 1.02. The van der Waals surface area contributed by atoms with Gasteiger partial charge in [-0.25, -0.2) is 0 Å². The normalized spacial score (nSPS) is 9.65. The summed E-state index contributed by atoms with van der Waals surface area (Å²) in [5.74, 6) is 1.53. The molecule has 0 fully saturated rings. The zero-order valence-corrected chi connectivity index (χ0v) is 12.8. The van der Waals surface area contributed by atoms with Gasteiger partial charge in [-0.2, -0.15) is 0 Å². The molecule has 2 aromatic rings. The van der Waals surface area contributed by atoms with Crippen molar-refractivity contribution in [1.82, 2.24) is 0 Å². The van der Waals surface area contributed by atoms with Crippen LogP contribution in [-0.2, 0) is 0 Å². The van der Waals surface area contributed by atoms with Crippen molar-refractivity contribution in [3.8, 4) is 11.5 Å². The van der Waals surface area contributed by atoms with E-state index in [1.165, 1.54) is 0 Å². The molecule has 6 heteroatoms. The quantitative estimate of drug-likeness (QED) is 0.491. The second-order valence-electron chi connectivity index (χ2n) is 4.95. The average Bonchev–Trinajstić information content (AvgIpc) is 2.62. The van der Waals surface area contributed by atoms with Gasteiger partial charge < -0.3 is 9.47 Å². The van der Waals surface area contributed by atoms with Gasteiger partial charge in [0.05, 0.1) is 13.2 Å². The molecule has 0 bridgehead atoms. The van der Waals surface area contributed by atoms with Crippen molar-refractivity contribution in [2.45, 2.75) is 19.3 Å². The van der Waals surface area contributed by atoms with Crippen LogP contribution in [0.3, 0.4) is 0 Å². The molecule has 0 N–H and O–H groups in total. The first-order chi connectivity index (χ1) is 11.3. The van der Waals surface area contributed by atoms with Crippen molar-refractivity contribution in [3.05, 3.63) is 58.5 Å². The van der Waals surface area contributed by atoms with E-state index in [9.17, 15) is 0 Å². The Kier molecular flexibility index (Phi) is 6.37. The predicted molar refractivity (Wildman–Crippen MR) is 87.2 cm³/mol. The number of rotatable bonds is 8. The van der Waals surface area contributed by atoms with Crippen LogP contribution in [0.15, 0.2) is 48.5 Å². The summed E-state index contributed by atoms with van der Waals surface area (Å²) >= 11 is 0. The second kappa shape index (κ2) is 9.01. The van der Waals surface area contributed by atoms with E-state index in [-0.39, 0.29) is 0 Å². The zero-order valence-electron chi connectivity index (χ0n) is 12.8. The predicted octanol–water partition coefficient (Wildman–Crippen LogP) is 5.28. The number of unbranched alkanes of at least 4 members (excludes halogenated alkanes) is 2. The van der Waals surface area contributed by atoms with E-state index in [0.717, 1.165) is 30.8 Å². The van der Waals surface area contributed by atoms with Crippen LogP contribution in [0.4, 0.5) is 11.4 Å². The molecule has 0 radical (unpaired) electrons. The summed E-state index contributed by atoms with van der Waals surface area (Å²) in [6, 6.07) is 13.9. The van der Waals surface area contributed by atoms with Crippen molar-refractivity contribution in [3.63, 3.8) is 0 Å². The summed E-state index contributed by atoms with van der Waals surface area (Å²) in [4.78, 5) is 6.18. The monoisotopic (exact) mass is 310 g/mol. The lowest BCUT2D eigenvalue weighted by molar-refractivity contribution is 0.279. The van der Waals surface area contributed by atoms with Gasteiger partial charge in [0.25, 0.3) is 0 Å². The third kappa shape index (κ3) is 5.64. The van der Waals surface area contributed by atoms with Gasteiger partial charge in [0.1, 0.15) is 11.5 Å². The minimum absolute atomic E-state index is 0.509. The molecule has 0 aromatic heterocycles. The lowest BCUT2D eigenvalue weighted by atomic mass is 10.2. The number of nitrogens with zero attached hydrogens (tertiary/aromatic N) is 4. The highest BCUT2D eigenvalue weighted by molar-refractivity contribution is 5.46. The van der Waals surface area contributed by atoms with Crippen molar-refractivity contribution in [2.24, 2.45) is 0 Å². The summed E-state index contributed by atoms with van der Waals surface area (Å²) in [6.07, 6.45) is 2.89. The Balaban J connectivity index is 1.55. The Morgan fingerprint density at radius 2 is 1.00 bits per heavy atom. The van der Waals surface area contributed by atoms with Gasteiger partial charge in [0.15, 0.2) is 9.95 Å². The summed E-state index contributed by atoms with van der Waals surface area (Å²) in [6.45, 7) is 1.28. The highest BCUT2D eigenvalue weighted by Crippen LogP contribution is 2.19. The lowest BCUT2D eigenvalue weighted by Crippen LogP contribution is -2.00. The SMILES string of the molecule is N#[N+]c1ccc(OCCCCCOc2ccc([N+]#N)cc2)cc1. The molecule has 0 unspecified atom stereocenters. The largest absolute Gasteiger partial charge is 0.494 e. The van der Waals surface area contributed by atoms with Crippen LogP contribution in [0, 0.1) is 10.8 Å². The summed E-state index contributed by atoms with van der Waals surface area (Å²) < 4.78 is 11.2. The maximum Gasteiger partial charge on any atom is 0.385 e. The Bertz CT molecular complexity index is 623. The van der Waals surface area contributed by atoms with E-state index in [1.807, 2.05) is 0 Å². The molecule has 0 heterocycles. The standard InChI is InChI=1S/C17H18N4O2/c18-20-14-4-8-16(9-5-14)22-12-2-1-3-13-23-17-10-6-15(21-19)7-11-17/h4-11H,1-3,12-13H2/q+2. The topological polar surface area (TPSA) is 74.8 Å². The van der Waals surface area contributed by atoms with Crippen LogP contribution in [0.25, 0.3) is 9.95 Å². The Labute approximate surface area is 134 Å². The molecule has 116 valence electrons. The van der Waals surface area contributed by atoms with Gasteiger partial charge in [-0.3, -0.25) is 0 Å². The molecule has 0 saturated carbocycles. The lowest BCUT2D eigenvalue weighted by Gasteiger charge is -2.06. The third-order valence-corrected chi connectivity index (χ3v) is 3.23. The van der Waals surface area contributed by atoms with Gasteiger partial charge in [-0.05, 0) is 43.5 Å². The van der Waals surface area contributed by atoms with Gasteiger partial charge in [0, 0.05) is 24.3 Å². The number of hydrogen-bond donors (Lipinski definition) is 0. The summed E-state index contributed by atoms with van der Waals surface area (Å²) in [7, 11) is 0. The van der Waals surface area contributed by atoms with Crippen LogP contribution in [0.1, 0.15) is 19.3 Å². The van der Waals surface area contributed by atoms with E-state index in [4.69, 9.17) is 20.3 Å². The molecule has 0 spiro atoms. The first kappa shape index (κ1) is 16.3. The maximum absolute atomic E-state index is 8.59. The van der Waals surface area contributed by atoms with E-state index in [1.54, 1.807) is 48.5 Å². The van der Waals surface area contributed by atoms with Crippen molar-refractivity contribution in [1.29, 1.82) is 10.8 Å². The molecule has 6 nitrogen and oxygen atoms in total. The number of diazo groups is 2. The molecule has 2 aromatic carbocycles. The minimum Gasteiger partial charge on any atom is -0.494 e. The molecule has 23 heavy (non-hydrogen) atoms. The van der Waals surface area contributed by atoms with Crippen molar-refractivity contribution < 1.29 is 9.47 Å². The fourth-order valence-corrected chi connectivity index (χ4v) is 1.98. The summed E-state index contributed by atoms with van der Waals surface area (Å²) in [5, 5.41) is 17.2.